The Morgan fingerprint density at radius 2 is 2.19 bits per heavy atom. The zero-order valence-electron chi connectivity index (χ0n) is 11.2. The highest BCUT2D eigenvalue weighted by Crippen LogP contribution is 2.28. The number of nitrogens with zero attached hydrogens (tertiary/aromatic N) is 2. The van der Waals surface area contributed by atoms with Gasteiger partial charge in [0.15, 0.2) is 5.13 Å². The predicted molar refractivity (Wildman–Crippen MR) is 76.0 cm³/mol. The fourth-order valence-corrected chi connectivity index (χ4v) is 2.77. The second kappa shape index (κ2) is 6.50. The second-order valence-electron chi connectivity index (χ2n) is 4.64. The van der Waals surface area contributed by atoms with E-state index in [1.807, 2.05) is 4.90 Å². The van der Waals surface area contributed by atoms with Gasteiger partial charge in [-0.05, 0) is 0 Å². The lowest BCUT2D eigenvalue weighted by Gasteiger charge is -2.26. The maximum atomic E-state index is 12.9. The molecule has 118 valence electrons. The Morgan fingerprint density at radius 3 is 2.81 bits per heavy atom. The summed E-state index contributed by atoms with van der Waals surface area (Å²) in [6.45, 7) is 0.848. The number of nitrogens with one attached hydrogen (secondary N) is 2. The van der Waals surface area contributed by atoms with E-state index in [2.05, 4.69) is 15.6 Å². The topological polar surface area (TPSA) is 104 Å². The standard InChI is InChI=1S/C11H17F2N5O2S/c12-11(13,6-19)5-16-9(20)7-8(14)17-10(21-7)18-3-1-15-2-4-18/h15,19H,1-6,14H2,(H,16,20). The minimum absolute atomic E-state index is 0.0262. The number of carbonyl (C=O) groups excluding carboxylic acids is 1. The number of nitrogens with two attached hydrogens (primary N) is 1. The largest absolute Gasteiger partial charge is 0.390 e. The van der Waals surface area contributed by atoms with Gasteiger partial charge in [0.05, 0.1) is 6.54 Å². The Bertz CT molecular complexity index is 505. The van der Waals surface area contributed by atoms with Crippen molar-refractivity contribution in [3.05, 3.63) is 4.88 Å². The first kappa shape index (κ1) is 15.9. The lowest BCUT2D eigenvalue weighted by atomic mass is 10.3. The van der Waals surface area contributed by atoms with Crippen molar-refractivity contribution < 1.29 is 18.7 Å². The van der Waals surface area contributed by atoms with Crippen molar-refractivity contribution in [3.63, 3.8) is 0 Å². The number of nitrogen functional groups attached to an aromatic ring is 1. The summed E-state index contributed by atoms with van der Waals surface area (Å²) in [6, 6.07) is 0. The number of aliphatic hydroxyl groups excluding tert-OH is 1. The molecular weight excluding hydrogens is 304 g/mol. The normalized spacial score (nSPS) is 16.0. The van der Waals surface area contributed by atoms with Gasteiger partial charge in [0, 0.05) is 26.2 Å². The van der Waals surface area contributed by atoms with Gasteiger partial charge in [-0.2, -0.15) is 0 Å². The summed E-state index contributed by atoms with van der Waals surface area (Å²) < 4.78 is 25.8. The van der Waals surface area contributed by atoms with Crippen LogP contribution in [-0.4, -0.2) is 61.3 Å². The van der Waals surface area contributed by atoms with Crippen molar-refractivity contribution in [2.75, 3.05) is 50.0 Å². The fraction of sp³-hybridized carbons (Fsp3) is 0.636. The number of aromatic nitrogens is 1. The summed E-state index contributed by atoms with van der Waals surface area (Å²) in [4.78, 5) is 18.1. The molecule has 1 amide bonds. The third kappa shape index (κ3) is 3.99. The number of halogens is 2. The van der Waals surface area contributed by atoms with Crippen molar-refractivity contribution in [2.45, 2.75) is 5.92 Å². The summed E-state index contributed by atoms with van der Waals surface area (Å²) in [6.07, 6.45) is 0. The summed E-state index contributed by atoms with van der Waals surface area (Å²) in [5, 5.41) is 14.3. The molecule has 1 aliphatic heterocycles. The smallest absolute Gasteiger partial charge is 0.287 e. The van der Waals surface area contributed by atoms with Crippen LogP contribution in [0.4, 0.5) is 19.7 Å². The van der Waals surface area contributed by atoms with Crippen LogP contribution in [0.1, 0.15) is 9.67 Å². The molecule has 7 nitrogen and oxygen atoms in total. The molecule has 1 fully saturated rings. The molecule has 1 saturated heterocycles. The Morgan fingerprint density at radius 1 is 1.52 bits per heavy atom. The van der Waals surface area contributed by atoms with E-state index in [4.69, 9.17) is 10.8 Å². The lowest BCUT2D eigenvalue weighted by Crippen LogP contribution is -2.43. The Kier molecular flexibility index (Phi) is 4.91. The van der Waals surface area contributed by atoms with Crippen LogP contribution in [0.25, 0.3) is 0 Å². The van der Waals surface area contributed by atoms with Gasteiger partial charge in [0.1, 0.15) is 17.3 Å². The Labute approximate surface area is 124 Å². The number of hydrogen-bond acceptors (Lipinski definition) is 7. The molecule has 0 saturated carbocycles. The number of amides is 1. The minimum atomic E-state index is -3.35. The van der Waals surface area contributed by atoms with E-state index in [0.717, 1.165) is 37.5 Å². The zero-order chi connectivity index (χ0) is 15.5. The molecule has 0 aromatic carbocycles. The number of anilines is 2. The van der Waals surface area contributed by atoms with Crippen LogP contribution in [-0.2, 0) is 0 Å². The van der Waals surface area contributed by atoms with Gasteiger partial charge in [-0.1, -0.05) is 11.3 Å². The number of thiazole rings is 1. The minimum Gasteiger partial charge on any atom is -0.390 e. The van der Waals surface area contributed by atoms with Crippen molar-refractivity contribution in [2.24, 2.45) is 0 Å². The van der Waals surface area contributed by atoms with E-state index in [1.165, 1.54) is 0 Å². The van der Waals surface area contributed by atoms with Crippen molar-refractivity contribution >= 4 is 28.2 Å². The maximum absolute atomic E-state index is 12.9. The summed E-state index contributed by atoms with van der Waals surface area (Å²) in [5.41, 5.74) is 5.68. The molecule has 1 aromatic heterocycles. The first-order valence-electron chi connectivity index (χ1n) is 6.42. The first-order chi connectivity index (χ1) is 9.93. The van der Waals surface area contributed by atoms with Crippen molar-refractivity contribution in [1.29, 1.82) is 0 Å². The van der Waals surface area contributed by atoms with Crippen molar-refractivity contribution in [3.8, 4) is 0 Å². The summed E-state index contributed by atoms with van der Waals surface area (Å²) >= 11 is 1.07. The third-order valence-corrected chi connectivity index (χ3v) is 4.11. The fourth-order valence-electron chi connectivity index (χ4n) is 1.82. The van der Waals surface area contributed by atoms with Crippen LogP contribution in [0, 0.1) is 0 Å². The van der Waals surface area contributed by atoms with Crippen LogP contribution in [0.3, 0.4) is 0 Å². The molecular formula is C11H17F2N5O2S. The number of carbonyl (C=O) groups is 1. The Hall–Kier alpha value is -1.52. The summed E-state index contributed by atoms with van der Waals surface area (Å²) in [5.74, 6) is -4.03. The summed E-state index contributed by atoms with van der Waals surface area (Å²) in [7, 11) is 0. The van der Waals surface area contributed by atoms with E-state index in [9.17, 15) is 13.6 Å². The molecule has 10 heteroatoms. The number of hydrogen-bond donors (Lipinski definition) is 4. The van der Waals surface area contributed by atoms with Gasteiger partial charge < -0.3 is 26.4 Å². The highest BCUT2D eigenvalue weighted by atomic mass is 32.1. The van der Waals surface area contributed by atoms with Crippen LogP contribution < -0.4 is 21.3 Å². The highest BCUT2D eigenvalue weighted by molar-refractivity contribution is 7.18. The molecule has 0 unspecified atom stereocenters. The van der Waals surface area contributed by atoms with Gasteiger partial charge >= 0.3 is 0 Å². The molecule has 0 spiro atoms. The average Bonchev–Trinajstić information content (AvgIpc) is 2.88. The Balaban J connectivity index is 2.02. The second-order valence-corrected chi connectivity index (χ2v) is 5.62. The third-order valence-electron chi connectivity index (χ3n) is 2.97. The predicted octanol–water partition coefficient (Wildman–Crippen LogP) is -0.508. The molecule has 0 aliphatic carbocycles. The SMILES string of the molecule is Nc1nc(N2CCNCC2)sc1C(=O)NCC(F)(F)CO. The highest BCUT2D eigenvalue weighted by Gasteiger charge is 2.29. The molecule has 0 radical (unpaired) electrons. The molecule has 2 heterocycles. The number of aliphatic hydroxyl groups is 1. The number of rotatable bonds is 5. The van der Waals surface area contributed by atoms with Gasteiger partial charge in [-0.15, -0.1) is 0 Å². The van der Waals surface area contributed by atoms with E-state index in [0.29, 0.717) is 5.13 Å². The lowest BCUT2D eigenvalue weighted by molar-refractivity contribution is -0.0461. The molecule has 2 rings (SSSR count). The molecule has 5 N–H and O–H groups in total. The van der Waals surface area contributed by atoms with Crippen LogP contribution in [0.5, 0.6) is 0 Å². The van der Waals surface area contributed by atoms with Crippen LogP contribution in [0.15, 0.2) is 0 Å². The molecule has 0 atom stereocenters. The average molecular weight is 321 g/mol. The monoisotopic (exact) mass is 321 g/mol. The van der Waals surface area contributed by atoms with Gasteiger partial charge in [-0.3, -0.25) is 4.79 Å². The van der Waals surface area contributed by atoms with E-state index < -0.39 is 25.0 Å². The quantitative estimate of drug-likeness (QED) is 0.583. The number of piperazine rings is 1. The van der Waals surface area contributed by atoms with E-state index in [1.54, 1.807) is 0 Å². The van der Waals surface area contributed by atoms with Crippen LogP contribution >= 0.6 is 11.3 Å². The number of alkyl halides is 2. The molecule has 1 aromatic rings. The van der Waals surface area contributed by atoms with Gasteiger partial charge in [-0.25, -0.2) is 13.8 Å². The van der Waals surface area contributed by atoms with Gasteiger partial charge in [0.2, 0.25) is 0 Å². The molecule has 0 bridgehead atoms. The van der Waals surface area contributed by atoms with Crippen LogP contribution in [0.2, 0.25) is 0 Å². The maximum Gasteiger partial charge on any atom is 0.287 e. The van der Waals surface area contributed by atoms with E-state index >= 15 is 0 Å². The van der Waals surface area contributed by atoms with E-state index in [-0.39, 0.29) is 10.7 Å². The van der Waals surface area contributed by atoms with Crippen molar-refractivity contribution in [1.82, 2.24) is 15.6 Å². The van der Waals surface area contributed by atoms with Gasteiger partial charge in [0.25, 0.3) is 11.8 Å². The molecule has 1 aliphatic rings. The first-order valence-corrected chi connectivity index (χ1v) is 7.23. The molecule has 21 heavy (non-hydrogen) atoms. The zero-order valence-corrected chi connectivity index (χ0v) is 12.1.